The van der Waals surface area contributed by atoms with Crippen molar-refractivity contribution in [2.45, 2.75) is 58.3 Å². The first-order valence-corrected chi connectivity index (χ1v) is 7.48. The summed E-state index contributed by atoms with van der Waals surface area (Å²) in [5.74, 6) is 0.487. The predicted octanol–water partition coefficient (Wildman–Crippen LogP) is 3.67. The average Bonchev–Trinajstić information content (AvgIpc) is 2.72. The lowest BCUT2D eigenvalue weighted by atomic mass is 9.88. The highest BCUT2D eigenvalue weighted by Gasteiger charge is 2.35. The first-order chi connectivity index (χ1) is 9.19. The Labute approximate surface area is 116 Å². The Kier molecular flexibility index (Phi) is 7.46. The van der Waals surface area contributed by atoms with Crippen LogP contribution in [0.5, 0.6) is 0 Å². The highest BCUT2D eigenvalue weighted by atomic mass is 16.5. The van der Waals surface area contributed by atoms with Gasteiger partial charge in [-0.3, -0.25) is 9.59 Å². The van der Waals surface area contributed by atoms with Crippen LogP contribution in [0.4, 0.5) is 0 Å². The van der Waals surface area contributed by atoms with Crippen LogP contribution in [0, 0.1) is 11.8 Å². The third kappa shape index (κ3) is 5.58. The molecule has 0 N–H and O–H groups in total. The predicted molar refractivity (Wildman–Crippen MR) is 75.8 cm³/mol. The number of carbonyl (C=O) groups is 2. The number of ketones is 1. The summed E-state index contributed by atoms with van der Waals surface area (Å²) in [5.41, 5.74) is 0. The van der Waals surface area contributed by atoms with Crippen LogP contribution in [0.2, 0.25) is 0 Å². The van der Waals surface area contributed by atoms with Gasteiger partial charge >= 0.3 is 5.97 Å². The van der Waals surface area contributed by atoms with Gasteiger partial charge in [-0.25, -0.2) is 0 Å². The minimum atomic E-state index is -0.165. The summed E-state index contributed by atoms with van der Waals surface area (Å²) in [4.78, 5) is 23.5. The summed E-state index contributed by atoms with van der Waals surface area (Å²) < 4.78 is 5.13. The van der Waals surface area contributed by atoms with Gasteiger partial charge in [0.2, 0.25) is 0 Å². The van der Waals surface area contributed by atoms with Crippen LogP contribution in [0.25, 0.3) is 0 Å². The van der Waals surface area contributed by atoms with Crippen LogP contribution in [0.1, 0.15) is 58.3 Å². The fourth-order valence-electron chi connectivity index (χ4n) is 2.76. The second-order valence-electron chi connectivity index (χ2n) is 5.37. The summed E-state index contributed by atoms with van der Waals surface area (Å²) in [6.45, 7) is 6.15. The van der Waals surface area contributed by atoms with E-state index < -0.39 is 0 Å². The number of rotatable bonds is 9. The molecule has 3 nitrogen and oxygen atoms in total. The Hall–Kier alpha value is -1.12. The Bertz CT molecular complexity index is 309. The van der Waals surface area contributed by atoms with Crippen LogP contribution in [-0.4, -0.2) is 18.4 Å². The van der Waals surface area contributed by atoms with E-state index >= 15 is 0 Å². The summed E-state index contributed by atoms with van der Waals surface area (Å²) >= 11 is 0. The highest BCUT2D eigenvalue weighted by molar-refractivity contribution is 5.84. The molecule has 0 aromatic carbocycles. The second-order valence-corrected chi connectivity index (χ2v) is 5.37. The third-order valence-electron chi connectivity index (χ3n) is 3.88. The lowest BCUT2D eigenvalue weighted by Crippen LogP contribution is -2.19. The molecule has 3 heteroatoms. The van der Waals surface area contributed by atoms with Gasteiger partial charge in [0.15, 0.2) is 0 Å². The average molecular weight is 266 g/mol. The number of ether oxygens (including phenoxy) is 1. The zero-order chi connectivity index (χ0) is 14.1. The first-order valence-electron chi connectivity index (χ1n) is 7.48. The second kappa shape index (κ2) is 8.89. The summed E-state index contributed by atoms with van der Waals surface area (Å²) in [6.07, 6.45) is 8.68. The molecule has 0 spiro atoms. The van der Waals surface area contributed by atoms with Crippen LogP contribution >= 0.6 is 0 Å². The highest BCUT2D eigenvalue weighted by Crippen LogP contribution is 2.35. The molecule has 1 saturated carbocycles. The van der Waals surface area contributed by atoms with E-state index in [4.69, 9.17) is 4.74 Å². The zero-order valence-electron chi connectivity index (χ0n) is 12.0. The Morgan fingerprint density at radius 1 is 1.47 bits per heavy atom. The maximum absolute atomic E-state index is 11.9. The van der Waals surface area contributed by atoms with E-state index in [9.17, 15) is 9.59 Å². The summed E-state index contributed by atoms with van der Waals surface area (Å²) in [5, 5.41) is 0. The Balaban J connectivity index is 2.35. The van der Waals surface area contributed by atoms with E-state index in [1.54, 1.807) is 6.08 Å². The molecular weight excluding hydrogens is 240 g/mol. The number of hydrogen-bond acceptors (Lipinski definition) is 3. The minimum Gasteiger partial charge on any atom is -0.465 e. The Morgan fingerprint density at radius 3 is 2.95 bits per heavy atom. The van der Waals surface area contributed by atoms with Crippen molar-refractivity contribution in [3.05, 3.63) is 12.7 Å². The summed E-state index contributed by atoms with van der Waals surface area (Å²) in [7, 11) is 0. The molecule has 0 bridgehead atoms. The van der Waals surface area contributed by atoms with Gasteiger partial charge in [-0.2, -0.15) is 0 Å². The van der Waals surface area contributed by atoms with Crippen molar-refractivity contribution in [2.75, 3.05) is 6.61 Å². The molecule has 108 valence electrons. The van der Waals surface area contributed by atoms with Crippen LogP contribution in [0.3, 0.4) is 0 Å². The van der Waals surface area contributed by atoms with Crippen molar-refractivity contribution in [1.29, 1.82) is 0 Å². The maximum atomic E-state index is 11.9. The lowest BCUT2D eigenvalue weighted by Gasteiger charge is -2.17. The molecule has 2 atom stereocenters. The zero-order valence-corrected chi connectivity index (χ0v) is 12.0. The molecule has 19 heavy (non-hydrogen) atoms. The monoisotopic (exact) mass is 266 g/mol. The van der Waals surface area contributed by atoms with Crippen molar-refractivity contribution in [3.8, 4) is 0 Å². The largest absolute Gasteiger partial charge is 0.465 e. The number of esters is 1. The number of carbonyl (C=O) groups excluding carboxylic acids is 2. The van der Waals surface area contributed by atoms with Gasteiger partial charge in [-0.15, -0.1) is 6.58 Å². The van der Waals surface area contributed by atoms with Crippen molar-refractivity contribution in [2.24, 2.45) is 11.8 Å². The fraction of sp³-hybridized carbons (Fsp3) is 0.750. The van der Waals surface area contributed by atoms with E-state index in [0.717, 1.165) is 25.7 Å². The third-order valence-corrected chi connectivity index (χ3v) is 3.88. The minimum absolute atomic E-state index is 0.0958. The van der Waals surface area contributed by atoms with Gasteiger partial charge in [0.05, 0.1) is 6.61 Å². The number of unbranched alkanes of at least 4 members (excludes halogenated alkanes) is 2. The van der Waals surface area contributed by atoms with E-state index in [1.165, 1.54) is 6.42 Å². The molecule has 1 rings (SSSR count). The number of hydrogen-bond donors (Lipinski definition) is 0. The topological polar surface area (TPSA) is 43.4 Å². The van der Waals surface area contributed by atoms with E-state index in [-0.39, 0.29) is 17.8 Å². The number of Topliss-reactive ketones (excluding diaryl/α,β-unsaturated/α-hetero) is 1. The molecule has 1 fully saturated rings. The van der Waals surface area contributed by atoms with Crippen molar-refractivity contribution >= 4 is 11.8 Å². The Morgan fingerprint density at radius 2 is 2.26 bits per heavy atom. The molecule has 0 aliphatic heterocycles. The molecule has 0 amide bonds. The van der Waals surface area contributed by atoms with Gasteiger partial charge in [0, 0.05) is 18.8 Å². The van der Waals surface area contributed by atoms with E-state index in [1.807, 2.05) is 0 Å². The molecule has 2 unspecified atom stereocenters. The molecule has 0 aromatic heterocycles. The van der Waals surface area contributed by atoms with Crippen molar-refractivity contribution in [3.63, 3.8) is 0 Å². The molecule has 1 aliphatic carbocycles. The molecule has 0 heterocycles. The molecule has 0 aromatic rings. The fourth-order valence-corrected chi connectivity index (χ4v) is 2.76. The first kappa shape index (κ1) is 15.9. The molecule has 1 aliphatic rings. The summed E-state index contributed by atoms with van der Waals surface area (Å²) in [6, 6.07) is 0. The molecule has 0 radical (unpaired) electrons. The molecular formula is C16H26O3. The standard InChI is InChI=1S/C16H26O3/c1-3-5-7-8-14-13(9-10-15(14)17)12-16(18)19-11-6-4-2/h4,13-14H,2-3,5-12H2,1H3. The van der Waals surface area contributed by atoms with Gasteiger partial charge in [-0.1, -0.05) is 32.3 Å². The normalized spacial score (nSPS) is 22.5. The van der Waals surface area contributed by atoms with Crippen LogP contribution in [0.15, 0.2) is 12.7 Å². The van der Waals surface area contributed by atoms with Gasteiger partial charge in [0.25, 0.3) is 0 Å². The quantitative estimate of drug-likeness (QED) is 0.363. The van der Waals surface area contributed by atoms with E-state index in [2.05, 4.69) is 13.5 Å². The van der Waals surface area contributed by atoms with E-state index in [0.29, 0.717) is 31.7 Å². The van der Waals surface area contributed by atoms with Gasteiger partial charge in [-0.05, 0) is 25.2 Å². The smallest absolute Gasteiger partial charge is 0.306 e. The molecule has 0 saturated heterocycles. The maximum Gasteiger partial charge on any atom is 0.306 e. The van der Waals surface area contributed by atoms with Gasteiger partial charge in [0.1, 0.15) is 5.78 Å². The SMILES string of the molecule is C=CCCOC(=O)CC1CCC(=O)C1CCCCC. The van der Waals surface area contributed by atoms with Crippen molar-refractivity contribution in [1.82, 2.24) is 0 Å². The van der Waals surface area contributed by atoms with Crippen LogP contribution < -0.4 is 0 Å². The van der Waals surface area contributed by atoms with Crippen LogP contribution in [-0.2, 0) is 14.3 Å². The van der Waals surface area contributed by atoms with Crippen molar-refractivity contribution < 1.29 is 14.3 Å². The van der Waals surface area contributed by atoms with Gasteiger partial charge < -0.3 is 4.74 Å². The lowest BCUT2D eigenvalue weighted by molar-refractivity contribution is -0.145.